The molecule has 1 amide bonds. The van der Waals surface area contributed by atoms with Gasteiger partial charge < -0.3 is 10.1 Å². The van der Waals surface area contributed by atoms with Crippen molar-refractivity contribution in [3.63, 3.8) is 0 Å². The van der Waals surface area contributed by atoms with Crippen molar-refractivity contribution < 1.29 is 18.7 Å². The van der Waals surface area contributed by atoms with Gasteiger partial charge in [-0.1, -0.05) is 29.8 Å². The van der Waals surface area contributed by atoms with E-state index in [0.29, 0.717) is 5.69 Å². The van der Waals surface area contributed by atoms with Gasteiger partial charge in [0.1, 0.15) is 5.82 Å². The Kier molecular flexibility index (Phi) is 6.49. The fourth-order valence-electron chi connectivity index (χ4n) is 2.04. The van der Waals surface area contributed by atoms with Crippen molar-refractivity contribution in [2.45, 2.75) is 12.8 Å². The van der Waals surface area contributed by atoms with E-state index in [9.17, 15) is 14.0 Å². The van der Waals surface area contributed by atoms with Crippen molar-refractivity contribution in [1.82, 2.24) is 0 Å². The van der Waals surface area contributed by atoms with Gasteiger partial charge in [0.05, 0.1) is 18.9 Å². The number of benzene rings is 2. The number of nitrogens with one attached hydrogen (secondary N) is 1. The first-order chi connectivity index (χ1) is 12.0. The standard InChI is InChI=1S/C18H14ClFN2O3/c19-15-2-1-3-16(20)14(15)10-18(24)25-11-17(23)22-13-6-4-12(5-7-13)8-9-21/h1-7H,8,10-11H2,(H,22,23). The van der Waals surface area contributed by atoms with E-state index in [1.807, 2.05) is 6.07 Å². The average molecular weight is 361 g/mol. The van der Waals surface area contributed by atoms with E-state index in [4.69, 9.17) is 21.6 Å². The summed E-state index contributed by atoms with van der Waals surface area (Å²) in [5, 5.41) is 11.3. The molecule has 0 aromatic heterocycles. The molecule has 0 heterocycles. The van der Waals surface area contributed by atoms with E-state index in [0.717, 1.165) is 5.56 Å². The lowest BCUT2D eigenvalue weighted by atomic mass is 10.1. The van der Waals surface area contributed by atoms with Crippen LogP contribution in [0.15, 0.2) is 42.5 Å². The predicted molar refractivity (Wildman–Crippen MR) is 90.5 cm³/mol. The molecule has 128 valence electrons. The molecular formula is C18H14ClFN2O3. The van der Waals surface area contributed by atoms with Gasteiger partial charge in [-0.3, -0.25) is 9.59 Å². The number of ether oxygens (including phenoxy) is 1. The molecule has 0 bridgehead atoms. The number of carbonyl (C=O) groups is 2. The lowest BCUT2D eigenvalue weighted by molar-refractivity contribution is -0.146. The fourth-order valence-corrected chi connectivity index (χ4v) is 2.27. The van der Waals surface area contributed by atoms with Gasteiger partial charge in [-0.25, -0.2) is 4.39 Å². The first-order valence-electron chi connectivity index (χ1n) is 7.34. The van der Waals surface area contributed by atoms with Crippen molar-refractivity contribution >= 4 is 29.2 Å². The van der Waals surface area contributed by atoms with Crippen LogP contribution in [-0.2, 0) is 27.2 Å². The number of anilines is 1. The van der Waals surface area contributed by atoms with Crippen molar-refractivity contribution in [2.75, 3.05) is 11.9 Å². The van der Waals surface area contributed by atoms with E-state index < -0.39 is 24.3 Å². The summed E-state index contributed by atoms with van der Waals surface area (Å²) in [5.74, 6) is -1.89. The van der Waals surface area contributed by atoms with Crippen molar-refractivity contribution in [3.05, 3.63) is 64.4 Å². The second-order valence-electron chi connectivity index (χ2n) is 5.12. The third kappa shape index (κ3) is 5.59. The van der Waals surface area contributed by atoms with E-state index in [1.165, 1.54) is 18.2 Å². The van der Waals surface area contributed by atoms with Crippen LogP contribution >= 0.6 is 11.6 Å². The molecule has 2 rings (SSSR count). The normalized spacial score (nSPS) is 9.96. The zero-order valence-corrected chi connectivity index (χ0v) is 13.8. The van der Waals surface area contributed by atoms with E-state index >= 15 is 0 Å². The summed E-state index contributed by atoms with van der Waals surface area (Å²) in [7, 11) is 0. The summed E-state index contributed by atoms with van der Waals surface area (Å²) in [6.07, 6.45) is -0.0773. The Morgan fingerprint density at radius 2 is 1.92 bits per heavy atom. The van der Waals surface area contributed by atoms with Crippen LogP contribution in [0.1, 0.15) is 11.1 Å². The van der Waals surface area contributed by atoms with Gasteiger partial charge in [-0.05, 0) is 29.8 Å². The van der Waals surface area contributed by atoms with Gasteiger partial charge in [0.15, 0.2) is 6.61 Å². The van der Waals surface area contributed by atoms with Crippen LogP contribution in [0.5, 0.6) is 0 Å². The quantitative estimate of drug-likeness (QED) is 0.802. The summed E-state index contributed by atoms with van der Waals surface area (Å²) in [6.45, 7) is -0.495. The third-order valence-electron chi connectivity index (χ3n) is 3.27. The smallest absolute Gasteiger partial charge is 0.310 e. The van der Waals surface area contributed by atoms with Crippen molar-refractivity contribution in [1.29, 1.82) is 5.26 Å². The lowest BCUT2D eigenvalue weighted by Gasteiger charge is -2.08. The highest BCUT2D eigenvalue weighted by atomic mass is 35.5. The first-order valence-corrected chi connectivity index (χ1v) is 7.71. The van der Waals surface area contributed by atoms with Gasteiger partial charge in [0.2, 0.25) is 0 Å². The number of nitriles is 1. The Morgan fingerprint density at radius 3 is 2.56 bits per heavy atom. The molecule has 0 aliphatic carbocycles. The maximum atomic E-state index is 13.6. The molecule has 0 fully saturated rings. The molecule has 0 radical (unpaired) electrons. The van der Waals surface area contributed by atoms with Crippen LogP contribution in [-0.4, -0.2) is 18.5 Å². The Bertz CT molecular complexity index is 796. The third-order valence-corrected chi connectivity index (χ3v) is 3.62. The molecule has 7 heteroatoms. The number of nitrogens with zero attached hydrogens (tertiary/aromatic N) is 1. The number of carbonyl (C=O) groups excluding carboxylic acids is 2. The molecule has 0 unspecified atom stereocenters. The Balaban J connectivity index is 1.83. The maximum absolute atomic E-state index is 13.6. The van der Waals surface area contributed by atoms with Crippen molar-refractivity contribution in [3.8, 4) is 6.07 Å². The second kappa shape index (κ2) is 8.81. The van der Waals surface area contributed by atoms with Gasteiger partial charge in [-0.15, -0.1) is 0 Å². The van der Waals surface area contributed by atoms with Gasteiger partial charge in [-0.2, -0.15) is 5.26 Å². The van der Waals surface area contributed by atoms with Crippen LogP contribution in [0.4, 0.5) is 10.1 Å². The number of hydrogen-bond donors (Lipinski definition) is 1. The minimum Gasteiger partial charge on any atom is -0.455 e. The van der Waals surface area contributed by atoms with Crippen LogP contribution in [0.2, 0.25) is 5.02 Å². The summed E-state index contributed by atoms with van der Waals surface area (Å²) in [5.41, 5.74) is 1.37. The molecule has 0 saturated heterocycles. The summed E-state index contributed by atoms with van der Waals surface area (Å²) >= 11 is 5.83. The maximum Gasteiger partial charge on any atom is 0.310 e. The number of esters is 1. The van der Waals surface area contributed by atoms with Crippen LogP contribution in [0.25, 0.3) is 0 Å². The van der Waals surface area contributed by atoms with Crippen LogP contribution in [0, 0.1) is 17.1 Å². The molecule has 0 aliphatic heterocycles. The zero-order valence-electron chi connectivity index (χ0n) is 13.1. The number of rotatable bonds is 6. The molecule has 0 spiro atoms. The highest BCUT2D eigenvalue weighted by Gasteiger charge is 2.14. The van der Waals surface area contributed by atoms with E-state index in [1.54, 1.807) is 24.3 Å². The first kappa shape index (κ1) is 18.4. The predicted octanol–water partition coefficient (Wildman–Crippen LogP) is 3.27. The SMILES string of the molecule is N#CCc1ccc(NC(=O)COC(=O)Cc2c(F)cccc2Cl)cc1. The Morgan fingerprint density at radius 1 is 1.20 bits per heavy atom. The van der Waals surface area contributed by atoms with Gasteiger partial charge in [0.25, 0.3) is 5.91 Å². The molecule has 25 heavy (non-hydrogen) atoms. The molecule has 1 N–H and O–H groups in total. The average Bonchev–Trinajstić information content (AvgIpc) is 2.58. The summed E-state index contributed by atoms with van der Waals surface area (Å²) in [6, 6.07) is 12.8. The van der Waals surface area contributed by atoms with Crippen molar-refractivity contribution in [2.24, 2.45) is 0 Å². The molecular weight excluding hydrogens is 347 g/mol. The Labute approximate surface area is 149 Å². The lowest BCUT2D eigenvalue weighted by Crippen LogP contribution is -2.21. The largest absolute Gasteiger partial charge is 0.455 e. The van der Waals surface area contributed by atoms with Crippen LogP contribution in [0.3, 0.4) is 0 Å². The van der Waals surface area contributed by atoms with Crippen LogP contribution < -0.4 is 5.32 Å². The topological polar surface area (TPSA) is 79.2 Å². The molecule has 0 atom stereocenters. The molecule has 0 saturated carbocycles. The van der Waals surface area contributed by atoms with E-state index in [-0.39, 0.29) is 23.4 Å². The highest BCUT2D eigenvalue weighted by molar-refractivity contribution is 6.31. The van der Waals surface area contributed by atoms with E-state index in [2.05, 4.69) is 5.32 Å². The fraction of sp³-hybridized carbons (Fsp3) is 0.167. The Hall–Kier alpha value is -2.91. The number of amides is 1. The molecule has 2 aromatic carbocycles. The zero-order chi connectivity index (χ0) is 18.2. The van der Waals surface area contributed by atoms with Gasteiger partial charge >= 0.3 is 5.97 Å². The number of hydrogen-bond acceptors (Lipinski definition) is 4. The summed E-state index contributed by atoms with van der Waals surface area (Å²) < 4.78 is 18.4. The van der Waals surface area contributed by atoms with Gasteiger partial charge in [0, 0.05) is 16.3 Å². The molecule has 5 nitrogen and oxygen atoms in total. The minimum absolute atomic E-state index is 0.0302. The highest BCUT2D eigenvalue weighted by Crippen LogP contribution is 2.19. The monoisotopic (exact) mass is 360 g/mol. The summed E-state index contributed by atoms with van der Waals surface area (Å²) in [4.78, 5) is 23.5. The second-order valence-corrected chi connectivity index (χ2v) is 5.52. The molecule has 2 aromatic rings. The number of halogens is 2. The minimum atomic E-state index is -0.758. The molecule has 0 aliphatic rings.